The van der Waals surface area contributed by atoms with Crippen LogP contribution in [-0.4, -0.2) is 28.1 Å². The van der Waals surface area contributed by atoms with Crippen LogP contribution in [0.15, 0.2) is 34.9 Å². The smallest absolute Gasteiger partial charge is 0.220 e. The first-order chi connectivity index (χ1) is 11.8. The number of rotatable bonds is 8. The van der Waals surface area contributed by atoms with Crippen molar-refractivity contribution in [2.75, 3.05) is 6.54 Å². The summed E-state index contributed by atoms with van der Waals surface area (Å²) < 4.78 is 18.5. The lowest BCUT2D eigenvalue weighted by Crippen LogP contribution is -2.45. The van der Waals surface area contributed by atoms with Gasteiger partial charge in [-0.2, -0.15) is 0 Å². The van der Waals surface area contributed by atoms with E-state index >= 15 is 0 Å². The van der Waals surface area contributed by atoms with E-state index in [0.29, 0.717) is 18.1 Å². The van der Waals surface area contributed by atoms with Gasteiger partial charge in [-0.25, -0.2) is 9.37 Å². The van der Waals surface area contributed by atoms with E-state index in [4.69, 9.17) is 4.42 Å². The van der Waals surface area contributed by atoms with Gasteiger partial charge in [-0.15, -0.1) is 0 Å². The number of aromatic nitrogens is 1. The molecular formula is C19H25FN2O3. The highest BCUT2D eigenvalue weighted by Gasteiger charge is 2.27. The molecule has 1 aromatic heterocycles. The number of oxazole rings is 1. The molecule has 2 aromatic rings. The summed E-state index contributed by atoms with van der Waals surface area (Å²) in [4.78, 5) is 16.1. The SMILES string of the molecule is CCC(C)C(C)(O)CNC(=O)CCc1ncc(-c2ccc(F)cc2)o1. The zero-order valence-electron chi connectivity index (χ0n) is 14.9. The normalized spacial score (nSPS) is 14.8. The number of nitrogens with one attached hydrogen (secondary N) is 1. The Bertz CT molecular complexity index is 695. The second-order valence-electron chi connectivity index (χ2n) is 6.57. The highest BCUT2D eigenvalue weighted by Crippen LogP contribution is 2.21. The molecule has 25 heavy (non-hydrogen) atoms. The van der Waals surface area contributed by atoms with Crippen molar-refractivity contribution in [1.82, 2.24) is 10.3 Å². The Hall–Kier alpha value is -2.21. The van der Waals surface area contributed by atoms with Crippen LogP contribution >= 0.6 is 0 Å². The van der Waals surface area contributed by atoms with Gasteiger partial charge in [0.15, 0.2) is 11.7 Å². The molecule has 1 aromatic carbocycles. The summed E-state index contributed by atoms with van der Waals surface area (Å²) in [5.74, 6) is 0.606. The molecule has 2 N–H and O–H groups in total. The third-order valence-corrected chi connectivity index (χ3v) is 4.57. The van der Waals surface area contributed by atoms with Crippen molar-refractivity contribution in [3.63, 3.8) is 0 Å². The van der Waals surface area contributed by atoms with Crippen LogP contribution < -0.4 is 5.32 Å². The molecule has 5 nitrogen and oxygen atoms in total. The van der Waals surface area contributed by atoms with Gasteiger partial charge in [0.05, 0.1) is 11.8 Å². The Morgan fingerprint density at radius 1 is 1.40 bits per heavy atom. The van der Waals surface area contributed by atoms with Crippen LogP contribution in [0.3, 0.4) is 0 Å². The first kappa shape index (κ1) is 19.1. The number of nitrogens with zero attached hydrogens (tertiary/aromatic N) is 1. The minimum atomic E-state index is -0.927. The van der Waals surface area contributed by atoms with E-state index in [2.05, 4.69) is 10.3 Å². The van der Waals surface area contributed by atoms with Crippen molar-refractivity contribution in [2.45, 2.75) is 45.6 Å². The molecule has 0 fully saturated rings. The second kappa shape index (κ2) is 8.25. The van der Waals surface area contributed by atoms with Crippen LogP contribution in [0.1, 0.15) is 39.5 Å². The predicted octanol–water partition coefficient (Wildman–Crippen LogP) is 3.33. The molecule has 1 heterocycles. The van der Waals surface area contributed by atoms with E-state index < -0.39 is 5.60 Å². The first-order valence-electron chi connectivity index (χ1n) is 8.51. The first-order valence-corrected chi connectivity index (χ1v) is 8.51. The van der Waals surface area contributed by atoms with E-state index in [1.54, 1.807) is 25.3 Å². The molecule has 0 aliphatic carbocycles. The number of carbonyl (C=O) groups excluding carboxylic acids is 1. The predicted molar refractivity (Wildman–Crippen MR) is 93.3 cm³/mol. The van der Waals surface area contributed by atoms with Gasteiger partial charge in [-0.05, 0) is 37.1 Å². The monoisotopic (exact) mass is 348 g/mol. The lowest BCUT2D eigenvalue weighted by Gasteiger charge is -2.29. The number of benzene rings is 1. The summed E-state index contributed by atoms with van der Waals surface area (Å²) >= 11 is 0. The summed E-state index contributed by atoms with van der Waals surface area (Å²) in [6, 6.07) is 5.94. The van der Waals surface area contributed by atoms with Crippen LogP contribution in [0.4, 0.5) is 4.39 Å². The summed E-state index contributed by atoms with van der Waals surface area (Å²) in [6.45, 7) is 5.90. The largest absolute Gasteiger partial charge is 0.441 e. The fourth-order valence-corrected chi connectivity index (χ4v) is 2.37. The molecule has 6 heteroatoms. The maximum absolute atomic E-state index is 12.9. The Labute approximate surface area is 147 Å². The Morgan fingerprint density at radius 3 is 2.72 bits per heavy atom. The Kier molecular flexibility index (Phi) is 6.31. The fourth-order valence-electron chi connectivity index (χ4n) is 2.37. The van der Waals surface area contributed by atoms with E-state index in [0.717, 1.165) is 12.0 Å². The van der Waals surface area contributed by atoms with Crippen molar-refractivity contribution >= 4 is 5.91 Å². The molecule has 136 valence electrons. The number of aryl methyl sites for hydroxylation is 1. The van der Waals surface area contributed by atoms with Gasteiger partial charge >= 0.3 is 0 Å². The van der Waals surface area contributed by atoms with Crippen LogP contribution in [0.5, 0.6) is 0 Å². The van der Waals surface area contributed by atoms with Crippen molar-refractivity contribution in [1.29, 1.82) is 0 Å². The molecule has 0 radical (unpaired) electrons. The highest BCUT2D eigenvalue weighted by molar-refractivity contribution is 5.76. The maximum Gasteiger partial charge on any atom is 0.220 e. The van der Waals surface area contributed by atoms with E-state index in [9.17, 15) is 14.3 Å². The minimum absolute atomic E-state index is 0.0952. The summed E-state index contributed by atoms with van der Waals surface area (Å²) in [6.07, 6.45) is 2.98. The van der Waals surface area contributed by atoms with Gasteiger partial charge in [0.25, 0.3) is 0 Å². The third kappa shape index (κ3) is 5.39. The van der Waals surface area contributed by atoms with Gasteiger partial charge in [0.2, 0.25) is 5.91 Å². The molecule has 2 rings (SSSR count). The van der Waals surface area contributed by atoms with Gasteiger partial charge in [0, 0.05) is 24.9 Å². The number of carbonyl (C=O) groups is 1. The molecule has 2 atom stereocenters. The number of aliphatic hydroxyl groups is 1. The van der Waals surface area contributed by atoms with Crippen molar-refractivity contribution in [3.8, 4) is 11.3 Å². The quantitative estimate of drug-likeness (QED) is 0.767. The lowest BCUT2D eigenvalue weighted by atomic mass is 9.88. The zero-order chi connectivity index (χ0) is 18.4. The Balaban J connectivity index is 1.83. The van der Waals surface area contributed by atoms with Crippen LogP contribution in [0.2, 0.25) is 0 Å². The van der Waals surface area contributed by atoms with Gasteiger partial charge < -0.3 is 14.8 Å². The van der Waals surface area contributed by atoms with Crippen LogP contribution in [-0.2, 0) is 11.2 Å². The molecule has 0 saturated heterocycles. The van der Waals surface area contributed by atoms with Gasteiger partial charge in [-0.1, -0.05) is 20.3 Å². The summed E-state index contributed by atoms with van der Waals surface area (Å²) in [5.41, 5.74) is -0.197. The van der Waals surface area contributed by atoms with Crippen molar-refractivity contribution < 1.29 is 18.7 Å². The van der Waals surface area contributed by atoms with Crippen molar-refractivity contribution in [3.05, 3.63) is 42.2 Å². The zero-order valence-corrected chi connectivity index (χ0v) is 14.9. The third-order valence-electron chi connectivity index (χ3n) is 4.57. The molecule has 0 saturated carbocycles. The lowest BCUT2D eigenvalue weighted by molar-refractivity contribution is -0.122. The van der Waals surface area contributed by atoms with E-state index in [-0.39, 0.29) is 30.6 Å². The molecule has 2 unspecified atom stereocenters. The number of amides is 1. The van der Waals surface area contributed by atoms with Gasteiger partial charge in [0.1, 0.15) is 5.82 Å². The van der Waals surface area contributed by atoms with E-state index in [1.807, 2.05) is 13.8 Å². The molecule has 0 bridgehead atoms. The average Bonchev–Trinajstić information content (AvgIpc) is 3.07. The fraction of sp³-hybridized carbons (Fsp3) is 0.474. The summed E-state index contributed by atoms with van der Waals surface area (Å²) in [7, 11) is 0. The molecule has 0 aliphatic rings. The highest BCUT2D eigenvalue weighted by atomic mass is 19.1. The summed E-state index contributed by atoms with van der Waals surface area (Å²) in [5, 5.41) is 13.0. The maximum atomic E-state index is 12.9. The van der Waals surface area contributed by atoms with Crippen LogP contribution in [0, 0.1) is 11.7 Å². The average molecular weight is 348 g/mol. The number of halogens is 1. The molecular weight excluding hydrogens is 323 g/mol. The van der Waals surface area contributed by atoms with E-state index in [1.165, 1.54) is 12.1 Å². The molecule has 0 aliphatic heterocycles. The number of hydrogen-bond donors (Lipinski definition) is 2. The standard InChI is InChI=1S/C19H25FN2O3/c1-4-13(2)19(3,24)12-22-17(23)9-10-18-21-11-16(25-18)14-5-7-15(20)8-6-14/h5-8,11,13,24H,4,9-10,12H2,1-3H3,(H,22,23). The second-order valence-corrected chi connectivity index (χ2v) is 6.57. The van der Waals surface area contributed by atoms with Crippen molar-refractivity contribution in [2.24, 2.45) is 5.92 Å². The van der Waals surface area contributed by atoms with Gasteiger partial charge in [-0.3, -0.25) is 4.79 Å². The molecule has 1 amide bonds. The Morgan fingerprint density at radius 2 is 2.08 bits per heavy atom. The topological polar surface area (TPSA) is 75.4 Å². The minimum Gasteiger partial charge on any atom is -0.441 e. The van der Waals surface area contributed by atoms with Crippen LogP contribution in [0.25, 0.3) is 11.3 Å². The molecule has 0 spiro atoms. The number of hydrogen-bond acceptors (Lipinski definition) is 4.